The summed E-state index contributed by atoms with van der Waals surface area (Å²) in [5.74, 6) is 2.37. The van der Waals surface area contributed by atoms with Crippen molar-refractivity contribution in [1.29, 1.82) is 0 Å². The number of alkyl halides is 3. The number of nitrogens with zero attached hydrogens (tertiary/aromatic N) is 4. The summed E-state index contributed by atoms with van der Waals surface area (Å²) in [5.41, 5.74) is 1.35. The lowest BCUT2D eigenvalue weighted by molar-refractivity contribution is -0.151. The van der Waals surface area contributed by atoms with E-state index < -0.39 is 18.7 Å². The van der Waals surface area contributed by atoms with Gasteiger partial charge in [-0.25, -0.2) is 4.98 Å². The number of aromatic nitrogens is 3. The van der Waals surface area contributed by atoms with Crippen molar-refractivity contribution >= 4 is 11.6 Å². The number of ether oxygens (including phenoxy) is 2. The zero-order valence-corrected chi connectivity index (χ0v) is 17.7. The van der Waals surface area contributed by atoms with Crippen LogP contribution in [0, 0.1) is 6.92 Å². The lowest BCUT2D eigenvalue weighted by atomic mass is 10.2. The highest BCUT2D eigenvalue weighted by Crippen LogP contribution is 2.32. The Labute approximate surface area is 182 Å². The minimum atomic E-state index is -4.32. The Morgan fingerprint density at radius 1 is 1.19 bits per heavy atom. The van der Waals surface area contributed by atoms with E-state index in [0.717, 1.165) is 0 Å². The van der Waals surface area contributed by atoms with E-state index in [9.17, 15) is 13.2 Å². The average molecular weight is 449 g/mol. The van der Waals surface area contributed by atoms with Crippen LogP contribution >= 0.6 is 0 Å². The molecule has 0 saturated carbocycles. The summed E-state index contributed by atoms with van der Waals surface area (Å²) in [5, 5.41) is 3.04. The molecular weight excluding hydrogens is 427 g/mol. The SMILES string of the molecule is COc1nc(Nc2ccc3c(n2)OC(CC(F)(F)F)CN(C)C3)ccc1-c1cnc(C)o1. The summed E-state index contributed by atoms with van der Waals surface area (Å²) in [6.07, 6.45) is -4.82. The number of anilines is 2. The minimum Gasteiger partial charge on any atom is -0.480 e. The molecule has 0 radical (unpaired) electrons. The molecule has 0 saturated heterocycles. The molecule has 0 spiro atoms. The molecule has 4 heterocycles. The normalized spacial score (nSPS) is 16.8. The molecule has 32 heavy (non-hydrogen) atoms. The van der Waals surface area contributed by atoms with E-state index in [0.29, 0.717) is 46.8 Å². The number of likely N-dealkylation sites (N-methyl/N-ethyl adjacent to an activating group) is 1. The Balaban J connectivity index is 1.57. The summed E-state index contributed by atoms with van der Waals surface area (Å²) in [6.45, 7) is 2.33. The van der Waals surface area contributed by atoms with Crippen LogP contribution in [0.4, 0.5) is 24.8 Å². The monoisotopic (exact) mass is 449 g/mol. The number of methoxy groups -OCH3 is 1. The van der Waals surface area contributed by atoms with Crippen molar-refractivity contribution in [3.8, 4) is 23.1 Å². The molecule has 3 aromatic heterocycles. The summed E-state index contributed by atoms with van der Waals surface area (Å²) in [7, 11) is 3.24. The second-order valence-corrected chi connectivity index (χ2v) is 7.54. The molecule has 11 heteroatoms. The van der Waals surface area contributed by atoms with Gasteiger partial charge in [0.2, 0.25) is 11.8 Å². The highest BCUT2D eigenvalue weighted by molar-refractivity contribution is 5.66. The number of nitrogens with one attached hydrogen (secondary N) is 1. The van der Waals surface area contributed by atoms with Crippen molar-refractivity contribution in [2.24, 2.45) is 0 Å². The molecular formula is C21H22F3N5O3. The number of halogens is 3. The van der Waals surface area contributed by atoms with Gasteiger partial charge in [-0.3, -0.25) is 4.90 Å². The Kier molecular flexibility index (Phi) is 5.92. The van der Waals surface area contributed by atoms with Crippen molar-refractivity contribution in [1.82, 2.24) is 19.9 Å². The third-order valence-corrected chi connectivity index (χ3v) is 4.83. The molecule has 8 nitrogen and oxygen atoms in total. The van der Waals surface area contributed by atoms with Gasteiger partial charge in [0.25, 0.3) is 0 Å². The van der Waals surface area contributed by atoms with Gasteiger partial charge in [-0.2, -0.15) is 23.1 Å². The quantitative estimate of drug-likeness (QED) is 0.616. The number of pyridine rings is 2. The maximum atomic E-state index is 12.9. The van der Waals surface area contributed by atoms with Gasteiger partial charge in [-0.15, -0.1) is 0 Å². The zero-order chi connectivity index (χ0) is 22.9. The standard InChI is InChI=1S/C21H22F3N5O3/c1-12-25-9-16(31-12)15-5-7-18(28-20(15)30-3)26-17-6-4-13-10-29(2)11-14(8-21(22,23)24)32-19(13)27-17/h4-7,9,14H,8,10-11H2,1-3H3,(H,26,27,28). The van der Waals surface area contributed by atoms with Crippen LogP contribution < -0.4 is 14.8 Å². The lowest BCUT2D eigenvalue weighted by Gasteiger charge is -2.21. The second kappa shape index (κ2) is 8.65. The topological polar surface area (TPSA) is 85.5 Å². The van der Waals surface area contributed by atoms with Crippen LogP contribution in [0.25, 0.3) is 11.3 Å². The molecule has 0 aliphatic carbocycles. The highest BCUT2D eigenvalue weighted by Gasteiger charge is 2.35. The maximum Gasteiger partial charge on any atom is 0.392 e. The van der Waals surface area contributed by atoms with E-state index in [1.54, 1.807) is 49.3 Å². The van der Waals surface area contributed by atoms with Gasteiger partial charge in [-0.05, 0) is 31.3 Å². The van der Waals surface area contributed by atoms with E-state index in [1.165, 1.54) is 7.11 Å². The molecule has 0 aromatic carbocycles. The first-order chi connectivity index (χ1) is 15.2. The molecule has 0 bridgehead atoms. The Bertz CT molecular complexity index is 1100. The van der Waals surface area contributed by atoms with Gasteiger partial charge in [0, 0.05) is 25.6 Å². The third-order valence-electron chi connectivity index (χ3n) is 4.83. The van der Waals surface area contributed by atoms with Crippen LogP contribution in [0.2, 0.25) is 0 Å². The van der Waals surface area contributed by atoms with E-state index in [-0.39, 0.29) is 12.4 Å². The van der Waals surface area contributed by atoms with Gasteiger partial charge in [0.05, 0.1) is 25.3 Å². The number of oxazole rings is 1. The molecule has 170 valence electrons. The van der Waals surface area contributed by atoms with E-state index in [1.807, 2.05) is 0 Å². The van der Waals surface area contributed by atoms with Crippen LogP contribution in [0.5, 0.6) is 11.8 Å². The lowest BCUT2D eigenvalue weighted by Crippen LogP contribution is -2.34. The van der Waals surface area contributed by atoms with Gasteiger partial charge in [0.15, 0.2) is 11.7 Å². The molecule has 0 fully saturated rings. The van der Waals surface area contributed by atoms with Crippen molar-refractivity contribution in [2.75, 3.05) is 26.0 Å². The summed E-state index contributed by atoms with van der Waals surface area (Å²) >= 11 is 0. The Morgan fingerprint density at radius 2 is 1.94 bits per heavy atom. The van der Waals surface area contributed by atoms with Gasteiger partial charge < -0.3 is 19.2 Å². The summed E-state index contributed by atoms with van der Waals surface area (Å²) in [6, 6.07) is 6.98. The van der Waals surface area contributed by atoms with Crippen LogP contribution in [0.1, 0.15) is 17.9 Å². The maximum absolute atomic E-state index is 12.9. The number of hydrogen-bond donors (Lipinski definition) is 1. The fourth-order valence-electron chi connectivity index (χ4n) is 3.49. The van der Waals surface area contributed by atoms with E-state index in [2.05, 4.69) is 20.3 Å². The first-order valence-corrected chi connectivity index (χ1v) is 9.87. The highest BCUT2D eigenvalue weighted by atomic mass is 19.4. The van der Waals surface area contributed by atoms with Gasteiger partial charge in [-0.1, -0.05) is 0 Å². The molecule has 3 aromatic rings. The van der Waals surface area contributed by atoms with Crippen molar-refractivity contribution in [3.05, 3.63) is 41.9 Å². The molecule has 1 atom stereocenters. The number of fused-ring (bicyclic) bond motifs is 1. The average Bonchev–Trinajstić information content (AvgIpc) is 3.07. The predicted octanol–water partition coefficient (Wildman–Crippen LogP) is 4.34. The van der Waals surface area contributed by atoms with Crippen molar-refractivity contribution in [2.45, 2.75) is 32.2 Å². The number of rotatable bonds is 5. The van der Waals surface area contributed by atoms with Crippen molar-refractivity contribution < 1.29 is 27.1 Å². The molecule has 0 amide bonds. The fraction of sp³-hybridized carbons (Fsp3) is 0.381. The fourth-order valence-corrected chi connectivity index (χ4v) is 3.49. The van der Waals surface area contributed by atoms with Gasteiger partial charge in [0.1, 0.15) is 17.7 Å². The zero-order valence-electron chi connectivity index (χ0n) is 17.7. The number of hydrogen-bond acceptors (Lipinski definition) is 8. The smallest absolute Gasteiger partial charge is 0.392 e. The Hall–Kier alpha value is -3.34. The van der Waals surface area contributed by atoms with Crippen molar-refractivity contribution in [3.63, 3.8) is 0 Å². The first-order valence-electron chi connectivity index (χ1n) is 9.87. The molecule has 1 aliphatic rings. The van der Waals surface area contributed by atoms with Crippen LogP contribution in [-0.2, 0) is 6.54 Å². The second-order valence-electron chi connectivity index (χ2n) is 7.54. The molecule has 1 unspecified atom stereocenters. The van der Waals surface area contributed by atoms with Crippen LogP contribution in [0.3, 0.4) is 0 Å². The van der Waals surface area contributed by atoms with Gasteiger partial charge >= 0.3 is 6.18 Å². The minimum absolute atomic E-state index is 0.153. The summed E-state index contributed by atoms with van der Waals surface area (Å²) < 4.78 is 55.3. The predicted molar refractivity (Wildman–Crippen MR) is 110 cm³/mol. The largest absolute Gasteiger partial charge is 0.480 e. The third kappa shape index (κ3) is 5.10. The summed E-state index contributed by atoms with van der Waals surface area (Å²) in [4.78, 5) is 14.7. The molecule has 4 rings (SSSR count). The van der Waals surface area contributed by atoms with Crippen LogP contribution in [-0.4, -0.2) is 52.8 Å². The molecule has 1 aliphatic heterocycles. The van der Waals surface area contributed by atoms with E-state index in [4.69, 9.17) is 13.9 Å². The van der Waals surface area contributed by atoms with E-state index >= 15 is 0 Å². The number of aryl methyl sites for hydroxylation is 1. The van der Waals surface area contributed by atoms with Crippen LogP contribution in [0.15, 0.2) is 34.9 Å². The Morgan fingerprint density at radius 3 is 2.62 bits per heavy atom. The molecule has 1 N–H and O–H groups in total. The first kappa shape index (κ1) is 21.9.